The minimum Gasteiger partial charge on any atom is -0.273 e. The normalized spacial score (nSPS) is 12.9. The Bertz CT molecular complexity index is 474. The molecule has 17 heavy (non-hydrogen) atoms. The van der Waals surface area contributed by atoms with Crippen LogP contribution in [-0.2, 0) is 20.0 Å². The van der Waals surface area contributed by atoms with Crippen LogP contribution in [0.25, 0.3) is 0 Å². The van der Waals surface area contributed by atoms with Gasteiger partial charge in [0.1, 0.15) is 0 Å². The van der Waals surface area contributed by atoms with E-state index in [2.05, 4.69) is 17.1 Å². The third kappa shape index (κ3) is 2.88. The van der Waals surface area contributed by atoms with Crippen molar-refractivity contribution in [2.24, 2.45) is 7.05 Å². The molecule has 0 amide bonds. The summed E-state index contributed by atoms with van der Waals surface area (Å²) in [4.78, 5) is 0. The molecule has 1 unspecified atom stereocenters. The van der Waals surface area contributed by atoms with Gasteiger partial charge in [0.15, 0.2) is 0 Å². The van der Waals surface area contributed by atoms with Crippen LogP contribution in [0.15, 0.2) is 24.7 Å². The van der Waals surface area contributed by atoms with Crippen molar-refractivity contribution in [3.63, 3.8) is 0 Å². The smallest absolute Gasteiger partial charge is 0.0613 e. The lowest BCUT2D eigenvalue weighted by molar-refractivity contribution is 0.585. The molecule has 5 heteroatoms. The van der Waals surface area contributed by atoms with Gasteiger partial charge in [-0.3, -0.25) is 9.36 Å². The van der Waals surface area contributed by atoms with Gasteiger partial charge in [0.25, 0.3) is 0 Å². The molecule has 0 bridgehead atoms. The Morgan fingerprint density at radius 2 is 2.24 bits per heavy atom. The molecule has 4 nitrogen and oxygen atoms in total. The predicted molar refractivity (Wildman–Crippen MR) is 68.0 cm³/mol. The third-order valence-electron chi connectivity index (χ3n) is 2.89. The number of nitrogens with zero attached hydrogens (tertiary/aromatic N) is 4. The van der Waals surface area contributed by atoms with Crippen molar-refractivity contribution in [1.29, 1.82) is 0 Å². The van der Waals surface area contributed by atoms with E-state index in [9.17, 15) is 0 Å². The van der Waals surface area contributed by atoms with E-state index >= 15 is 0 Å². The average Bonchev–Trinajstić information content (AvgIpc) is 2.94. The summed E-state index contributed by atoms with van der Waals surface area (Å²) in [6.45, 7) is 2.93. The van der Waals surface area contributed by atoms with Gasteiger partial charge in [0.05, 0.1) is 11.6 Å². The van der Waals surface area contributed by atoms with E-state index < -0.39 is 0 Å². The molecule has 0 saturated carbocycles. The van der Waals surface area contributed by atoms with Crippen LogP contribution in [0.1, 0.15) is 30.0 Å². The molecule has 0 N–H and O–H groups in total. The Labute approximate surface area is 106 Å². The number of alkyl halides is 1. The zero-order valence-electron chi connectivity index (χ0n) is 10.2. The van der Waals surface area contributed by atoms with Gasteiger partial charge in [-0.05, 0) is 12.5 Å². The largest absolute Gasteiger partial charge is 0.273 e. The zero-order chi connectivity index (χ0) is 12.3. The lowest BCUT2D eigenvalue weighted by Crippen LogP contribution is -2.05. The highest BCUT2D eigenvalue weighted by Gasteiger charge is 2.08. The van der Waals surface area contributed by atoms with Crippen LogP contribution in [0.2, 0.25) is 0 Å². The summed E-state index contributed by atoms with van der Waals surface area (Å²) in [7, 11) is 1.95. The first-order valence-corrected chi connectivity index (χ1v) is 6.27. The summed E-state index contributed by atoms with van der Waals surface area (Å²) in [5.41, 5.74) is 2.30. The zero-order valence-corrected chi connectivity index (χ0v) is 10.9. The van der Waals surface area contributed by atoms with Crippen molar-refractivity contribution in [2.45, 2.75) is 31.7 Å². The molecule has 0 aromatic carbocycles. The third-order valence-corrected chi connectivity index (χ3v) is 3.45. The highest BCUT2D eigenvalue weighted by molar-refractivity contribution is 6.20. The molecule has 0 aliphatic heterocycles. The van der Waals surface area contributed by atoms with Gasteiger partial charge < -0.3 is 0 Å². The van der Waals surface area contributed by atoms with E-state index in [1.165, 1.54) is 5.69 Å². The van der Waals surface area contributed by atoms with Crippen LogP contribution < -0.4 is 0 Å². The summed E-state index contributed by atoms with van der Waals surface area (Å²) in [6, 6.07) is 2.03. The lowest BCUT2D eigenvalue weighted by atomic mass is 10.2. The van der Waals surface area contributed by atoms with Gasteiger partial charge in [0.2, 0.25) is 0 Å². The molecule has 0 spiro atoms. The fourth-order valence-corrected chi connectivity index (χ4v) is 1.89. The summed E-state index contributed by atoms with van der Waals surface area (Å²) < 4.78 is 3.83. The molecular weight excluding hydrogens is 236 g/mol. The van der Waals surface area contributed by atoms with Gasteiger partial charge in [-0.15, -0.1) is 11.6 Å². The molecule has 2 aromatic rings. The number of aryl methyl sites for hydroxylation is 3. The Morgan fingerprint density at radius 3 is 2.88 bits per heavy atom. The van der Waals surface area contributed by atoms with E-state index in [4.69, 9.17) is 11.6 Å². The first kappa shape index (κ1) is 12.2. The summed E-state index contributed by atoms with van der Waals surface area (Å²) >= 11 is 6.16. The molecule has 0 radical (unpaired) electrons. The van der Waals surface area contributed by atoms with Crippen LogP contribution in [-0.4, -0.2) is 19.6 Å². The van der Waals surface area contributed by atoms with Crippen LogP contribution in [0.5, 0.6) is 0 Å². The fourth-order valence-electron chi connectivity index (χ4n) is 1.77. The number of halogens is 1. The van der Waals surface area contributed by atoms with E-state index in [0.717, 1.165) is 24.9 Å². The second-order valence-electron chi connectivity index (χ2n) is 4.11. The fraction of sp³-hybridized carbons (Fsp3) is 0.500. The Morgan fingerprint density at radius 1 is 1.41 bits per heavy atom. The monoisotopic (exact) mass is 252 g/mol. The van der Waals surface area contributed by atoms with Crippen LogP contribution in [0.3, 0.4) is 0 Å². The second-order valence-corrected chi connectivity index (χ2v) is 4.64. The van der Waals surface area contributed by atoms with Gasteiger partial charge in [-0.2, -0.15) is 10.2 Å². The van der Waals surface area contributed by atoms with E-state index in [-0.39, 0.29) is 5.38 Å². The van der Waals surface area contributed by atoms with E-state index in [1.54, 1.807) is 0 Å². The summed E-state index contributed by atoms with van der Waals surface area (Å²) in [6.07, 6.45) is 7.54. The minimum absolute atomic E-state index is 0.0699. The van der Waals surface area contributed by atoms with Crippen molar-refractivity contribution in [3.8, 4) is 0 Å². The molecule has 0 fully saturated rings. The van der Waals surface area contributed by atoms with E-state index in [1.807, 2.05) is 41.1 Å². The molecule has 2 aromatic heterocycles. The standard InChI is InChI=1S/C12H17ClN4/c1-3-12(13)10-8-15-17(9-10)7-5-11-4-6-14-16(11)2/h4,6,8-9,12H,3,5,7H2,1-2H3. The summed E-state index contributed by atoms with van der Waals surface area (Å²) in [5, 5.41) is 8.53. The van der Waals surface area contributed by atoms with Gasteiger partial charge in [0, 0.05) is 43.7 Å². The maximum absolute atomic E-state index is 6.16. The van der Waals surface area contributed by atoms with Gasteiger partial charge in [-0.25, -0.2) is 0 Å². The highest BCUT2D eigenvalue weighted by atomic mass is 35.5. The Balaban J connectivity index is 1.96. The topological polar surface area (TPSA) is 35.6 Å². The Kier molecular flexibility index (Phi) is 3.84. The first-order valence-electron chi connectivity index (χ1n) is 5.84. The molecule has 1 atom stereocenters. The molecule has 2 heterocycles. The van der Waals surface area contributed by atoms with E-state index in [0.29, 0.717) is 0 Å². The molecule has 0 saturated heterocycles. The maximum atomic E-state index is 6.16. The number of aromatic nitrogens is 4. The van der Waals surface area contributed by atoms with Gasteiger partial charge in [-0.1, -0.05) is 6.92 Å². The van der Waals surface area contributed by atoms with Gasteiger partial charge >= 0.3 is 0 Å². The lowest BCUT2D eigenvalue weighted by Gasteiger charge is -2.03. The van der Waals surface area contributed by atoms with Crippen molar-refractivity contribution in [3.05, 3.63) is 35.9 Å². The van der Waals surface area contributed by atoms with Crippen LogP contribution in [0.4, 0.5) is 0 Å². The number of hydrogen-bond donors (Lipinski definition) is 0. The Hall–Kier alpha value is -1.29. The summed E-state index contributed by atoms with van der Waals surface area (Å²) in [5.74, 6) is 0. The second kappa shape index (κ2) is 5.36. The molecule has 92 valence electrons. The molecule has 0 aliphatic carbocycles. The van der Waals surface area contributed by atoms with Crippen LogP contribution in [0, 0.1) is 0 Å². The minimum atomic E-state index is 0.0699. The van der Waals surface area contributed by atoms with Crippen LogP contribution >= 0.6 is 11.6 Å². The van der Waals surface area contributed by atoms with Crippen molar-refractivity contribution in [2.75, 3.05) is 0 Å². The van der Waals surface area contributed by atoms with Crippen molar-refractivity contribution >= 4 is 11.6 Å². The first-order chi connectivity index (χ1) is 8.20. The molecule has 0 aliphatic rings. The molecule has 2 rings (SSSR count). The quantitative estimate of drug-likeness (QED) is 0.767. The number of rotatable bonds is 5. The molecular formula is C12H17ClN4. The highest BCUT2D eigenvalue weighted by Crippen LogP contribution is 2.22. The SMILES string of the molecule is CCC(Cl)c1cnn(CCc2ccnn2C)c1. The maximum Gasteiger partial charge on any atom is 0.0613 e. The van der Waals surface area contributed by atoms with Crippen molar-refractivity contribution in [1.82, 2.24) is 19.6 Å². The number of hydrogen-bond acceptors (Lipinski definition) is 2. The predicted octanol–water partition coefficient (Wildman–Crippen LogP) is 2.55. The van der Waals surface area contributed by atoms with Crippen molar-refractivity contribution < 1.29 is 0 Å². The average molecular weight is 253 g/mol.